The highest BCUT2D eigenvalue weighted by molar-refractivity contribution is 5.93. The third-order valence-corrected chi connectivity index (χ3v) is 5.40. The van der Waals surface area contributed by atoms with Crippen molar-refractivity contribution in [2.24, 2.45) is 0 Å². The molecule has 1 amide bonds. The Bertz CT molecular complexity index is 1090. The number of carbonyl (C=O) groups is 1. The van der Waals surface area contributed by atoms with Crippen LogP contribution in [0.25, 0.3) is 10.9 Å². The number of hydrogen-bond acceptors (Lipinski definition) is 4. The molecule has 3 aromatic rings. The van der Waals surface area contributed by atoms with E-state index in [2.05, 4.69) is 10.3 Å². The minimum absolute atomic E-state index is 0.0127. The van der Waals surface area contributed by atoms with Gasteiger partial charge in [0.2, 0.25) is 5.91 Å². The predicted molar refractivity (Wildman–Crippen MR) is 114 cm³/mol. The Kier molecular flexibility index (Phi) is 5.60. The Balaban J connectivity index is 1.48. The summed E-state index contributed by atoms with van der Waals surface area (Å²) >= 11 is 0. The summed E-state index contributed by atoms with van der Waals surface area (Å²) in [6.07, 6.45) is 5.04. The molecule has 0 atom stereocenters. The number of benzene rings is 2. The van der Waals surface area contributed by atoms with Gasteiger partial charge in [-0.1, -0.05) is 18.6 Å². The van der Waals surface area contributed by atoms with E-state index in [0.29, 0.717) is 29.4 Å². The van der Waals surface area contributed by atoms with Crippen LogP contribution in [0, 0.1) is 0 Å². The van der Waals surface area contributed by atoms with E-state index in [-0.39, 0.29) is 11.5 Å². The van der Waals surface area contributed by atoms with Crippen molar-refractivity contribution in [3.63, 3.8) is 0 Å². The fraction of sp³-hybridized carbons (Fsp3) is 0.348. The van der Waals surface area contributed by atoms with Crippen molar-refractivity contribution in [1.29, 1.82) is 0 Å². The molecule has 0 saturated carbocycles. The van der Waals surface area contributed by atoms with Gasteiger partial charge < -0.3 is 10.1 Å². The molecule has 6 nitrogen and oxygen atoms in total. The summed E-state index contributed by atoms with van der Waals surface area (Å²) in [6, 6.07) is 13.1. The summed E-state index contributed by atoms with van der Waals surface area (Å²) < 4.78 is 6.94. The Labute approximate surface area is 169 Å². The number of rotatable bonds is 5. The first-order valence-electron chi connectivity index (χ1n) is 10.1. The van der Waals surface area contributed by atoms with Crippen LogP contribution >= 0.6 is 0 Å². The van der Waals surface area contributed by atoms with Crippen molar-refractivity contribution < 1.29 is 9.53 Å². The molecule has 1 aliphatic heterocycles. The van der Waals surface area contributed by atoms with Crippen LogP contribution < -0.4 is 15.6 Å². The summed E-state index contributed by atoms with van der Waals surface area (Å²) in [5.41, 5.74) is 2.38. The number of methoxy groups -OCH3 is 1. The van der Waals surface area contributed by atoms with E-state index < -0.39 is 0 Å². The lowest BCUT2D eigenvalue weighted by molar-refractivity contribution is -0.116. The molecular formula is C23H25N3O3. The van der Waals surface area contributed by atoms with Gasteiger partial charge in [-0.3, -0.25) is 14.2 Å². The van der Waals surface area contributed by atoms with Crippen molar-refractivity contribution in [3.05, 3.63) is 64.2 Å². The number of hydrogen-bond donors (Lipinski definition) is 1. The molecule has 1 aromatic heterocycles. The van der Waals surface area contributed by atoms with E-state index in [4.69, 9.17) is 4.74 Å². The van der Waals surface area contributed by atoms with Gasteiger partial charge in [-0.05, 0) is 55.2 Å². The number of nitrogens with zero attached hydrogens (tertiary/aromatic N) is 2. The van der Waals surface area contributed by atoms with Crippen molar-refractivity contribution in [2.45, 2.75) is 45.1 Å². The predicted octanol–water partition coefficient (Wildman–Crippen LogP) is 3.70. The molecule has 1 aliphatic rings. The third kappa shape index (κ3) is 4.31. The average Bonchev–Trinajstić information content (AvgIpc) is 2.99. The monoisotopic (exact) mass is 391 g/mol. The van der Waals surface area contributed by atoms with Gasteiger partial charge in [0.1, 0.15) is 11.6 Å². The van der Waals surface area contributed by atoms with Crippen LogP contribution in [0.15, 0.2) is 47.3 Å². The number of aryl methyl sites for hydroxylation is 2. The summed E-state index contributed by atoms with van der Waals surface area (Å²) in [5.74, 6) is 1.59. The van der Waals surface area contributed by atoms with Crippen LogP contribution in [0.4, 0.5) is 5.69 Å². The second-order valence-electron chi connectivity index (χ2n) is 7.42. The van der Waals surface area contributed by atoms with E-state index in [1.165, 1.54) is 0 Å². The number of fused-ring (bicyclic) bond motifs is 2. The number of carbonyl (C=O) groups excluding carboxylic acids is 1. The smallest absolute Gasteiger partial charge is 0.261 e. The third-order valence-electron chi connectivity index (χ3n) is 5.40. The van der Waals surface area contributed by atoms with Crippen LogP contribution in [0.1, 0.15) is 37.1 Å². The van der Waals surface area contributed by atoms with Gasteiger partial charge in [0.05, 0.1) is 18.0 Å². The van der Waals surface area contributed by atoms with Crippen LogP contribution in [0.5, 0.6) is 5.75 Å². The quantitative estimate of drug-likeness (QED) is 0.720. The molecule has 0 spiro atoms. The molecule has 0 fully saturated rings. The first-order valence-corrected chi connectivity index (χ1v) is 10.1. The number of amides is 1. The summed E-state index contributed by atoms with van der Waals surface area (Å²) in [5, 5.41) is 3.47. The Morgan fingerprint density at radius 1 is 1.14 bits per heavy atom. The maximum absolute atomic E-state index is 12.9. The fourth-order valence-electron chi connectivity index (χ4n) is 3.77. The van der Waals surface area contributed by atoms with E-state index >= 15 is 0 Å². The molecule has 150 valence electrons. The maximum Gasteiger partial charge on any atom is 0.261 e. The van der Waals surface area contributed by atoms with Gasteiger partial charge in [0, 0.05) is 25.1 Å². The minimum Gasteiger partial charge on any atom is -0.497 e. The van der Waals surface area contributed by atoms with Gasteiger partial charge in [-0.25, -0.2) is 4.98 Å². The highest BCUT2D eigenvalue weighted by Gasteiger charge is 2.14. The molecular weight excluding hydrogens is 366 g/mol. The molecule has 2 heterocycles. The normalized spacial score (nSPS) is 13.6. The van der Waals surface area contributed by atoms with Gasteiger partial charge in [-0.2, -0.15) is 0 Å². The van der Waals surface area contributed by atoms with Crippen LogP contribution in [-0.4, -0.2) is 22.6 Å². The zero-order chi connectivity index (χ0) is 20.2. The average molecular weight is 391 g/mol. The first kappa shape index (κ1) is 19.2. The number of anilines is 1. The minimum atomic E-state index is -0.0806. The Morgan fingerprint density at radius 2 is 1.97 bits per heavy atom. The molecule has 0 saturated heterocycles. The van der Waals surface area contributed by atoms with Crippen LogP contribution in [-0.2, 0) is 24.2 Å². The van der Waals surface area contributed by atoms with Crippen molar-refractivity contribution >= 4 is 22.5 Å². The summed E-state index contributed by atoms with van der Waals surface area (Å²) in [7, 11) is 1.63. The summed E-state index contributed by atoms with van der Waals surface area (Å²) in [4.78, 5) is 30.0. The van der Waals surface area contributed by atoms with Gasteiger partial charge in [0.25, 0.3) is 5.56 Å². The standard InChI is InChI=1S/C23H25N3O3/c1-29-18-10-6-16(7-11-18)8-13-22(27)24-17-9-12-20-19(15-17)23(28)26-14-4-2-3-5-21(26)25-20/h6-7,9-12,15H,2-5,8,13-14H2,1H3,(H,24,27). The van der Waals surface area contributed by atoms with Crippen LogP contribution in [0.2, 0.25) is 0 Å². The Morgan fingerprint density at radius 3 is 2.76 bits per heavy atom. The van der Waals surface area contributed by atoms with E-state index in [9.17, 15) is 9.59 Å². The number of aromatic nitrogens is 2. The molecule has 6 heteroatoms. The second-order valence-corrected chi connectivity index (χ2v) is 7.42. The molecule has 0 bridgehead atoms. The molecule has 0 radical (unpaired) electrons. The largest absolute Gasteiger partial charge is 0.497 e. The van der Waals surface area contributed by atoms with Crippen molar-refractivity contribution in [3.8, 4) is 5.75 Å². The van der Waals surface area contributed by atoms with Crippen molar-refractivity contribution in [1.82, 2.24) is 9.55 Å². The van der Waals surface area contributed by atoms with Crippen LogP contribution in [0.3, 0.4) is 0 Å². The fourth-order valence-corrected chi connectivity index (χ4v) is 3.77. The molecule has 4 rings (SSSR count). The molecule has 1 N–H and O–H groups in total. The van der Waals surface area contributed by atoms with Gasteiger partial charge in [-0.15, -0.1) is 0 Å². The molecule has 29 heavy (non-hydrogen) atoms. The highest BCUT2D eigenvalue weighted by atomic mass is 16.5. The van der Waals surface area contributed by atoms with Gasteiger partial charge in [0.15, 0.2) is 0 Å². The lowest BCUT2D eigenvalue weighted by Crippen LogP contribution is -2.24. The topological polar surface area (TPSA) is 73.2 Å². The Hall–Kier alpha value is -3.15. The molecule has 2 aromatic carbocycles. The zero-order valence-electron chi connectivity index (χ0n) is 16.6. The lowest BCUT2D eigenvalue weighted by atomic mass is 10.1. The van der Waals surface area contributed by atoms with Crippen molar-refractivity contribution in [2.75, 3.05) is 12.4 Å². The highest BCUT2D eigenvalue weighted by Crippen LogP contribution is 2.19. The summed E-state index contributed by atoms with van der Waals surface area (Å²) in [6.45, 7) is 0.718. The lowest BCUT2D eigenvalue weighted by Gasteiger charge is -2.11. The number of ether oxygens (including phenoxy) is 1. The van der Waals surface area contributed by atoms with E-state index in [1.54, 1.807) is 17.7 Å². The molecule has 0 unspecified atom stereocenters. The number of nitrogens with one attached hydrogen (secondary N) is 1. The van der Waals surface area contributed by atoms with Gasteiger partial charge >= 0.3 is 0 Å². The maximum atomic E-state index is 12.9. The zero-order valence-corrected chi connectivity index (χ0v) is 16.6. The molecule has 0 aliphatic carbocycles. The van der Waals surface area contributed by atoms with E-state index in [0.717, 1.165) is 49.4 Å². The second kappa shape index (κ2) is 8.47. The van der Waals surface area contributed by atoms with E-state index in [1.807, 2.05) is 36.4 Å². The first-order chi connectivity index (χ1) is 14.1. The SMILES string of the molecule is COc1ccc(CCC(=O)Nc2ccc3nc4n(c(=O)c3c2)CCCCC4)cc1.